The monoisotopic (exact) mass is 299 g/mol. The summed E-state index contributed by atoms with van der Waals surface area (Å²) in [6.45, 7) is 1.03. The van der Waals surface area contributed by atoms with Crippen molar-refractivity contribution < 1.29 is 13.9 Å². The first-order valence-corrected chi connectivity index (χ1v) is 7.56. The number of nitrogens with two attached hydrogens (primary N) is 1. The molecule has 1 aliphatic carbocycles. The Bertz CT molecular complexity index is 515. The Kier molecular flexibility index (Phi) is 3.78. The van der Waals surface area contributed by atoms with Crippen LogP contribution in [0.4, 0.5) is 4.39 Å². The largest absolute Gasteiger partial charge is 0.489 e. The molecule has 1 saturated carbocycles. The highest BCUT2D eigenvalue weighted by atomic mass is 35.5. The number of hydrogen-bond acceptors (Lipinski definition) is 3. The molecule has 1 heterocycles. The lowest BCUT2D eigenvalue weighted by Crippen LogP contribution is -2.39. The normalized spacial score (nSPS) is 21.4. The van der Waals surface area contributed by atoms with E-state index in [0.717, 1.165) is 38.5 Å². The van der Waals surface area contributed by atoms with E-state index in [9.17, 15) is 4.39 Å². The van der Waals surface area contributed by atoms with E-state index in [1.165, 1.54) is 0 Å². The minimum absolute atomic E-state index is 0.00482. The van der Waals surface area contributed by atoms with Crippen molar-refractivity contribution in [1.82, 2.24) is 0 Å². The summed E-state index contributed by atoms with van der Waals surface area (Å²) in [5, 5.41) is -0.00482. The van der Waals surface area contributed by atoms with Crippen LogP contribution in [0.5, 0.6) is 11.5 Å². The minimum atomic E-state index is -0.642. The maximum Gasteiger partial charge on any atom is 0.182 e. The molecule has 5 heteroatoms. The minimum Gasteiger partial charge on any atom is -0.489 e. The highest BCUT2D eigenvalue weighted by Crippen LogP contribution is 2.45. The van der Waals surface area contributed by atoms with Crippen LogP contribution in [0.2, 0.25) is 5.02 Å². The topological polar surface area (TPSA) is 44.5 Å². The third-order valence-corrected chi connectivity index (χ3v) is 4.54. The lowest BCUT2D eigenvalue weighted by atomic mass is 9.77. The standard InChI is InChI=1S/C15H19ClFNO2/c16-12-13(17)10(15(18)5-2-1-3-6-15)9-11-14(12)20-8-4-7-19-11/h9H,1-8,18H2. The quantitative estimate of drug-likeness (QED) is 0.859. The molecule has 1 aromatic carbocycles. The average molecular weight is 300 g/mol. The number of hydrogen-bond donors (Lipinski definition) is 1. The third-order valence-electron chi connectivity index (χ3n) is 4.20. The smallest absolute Gasteiger partial charge is 0.182 e. The average Bonchev–Trinajstić information content (AvgIpc) is 2.69. The molecule has 2 aliphatic rings. The van der Waals surface area contributed by atoms with Crippen LogP contribution in [0.15, 0.2) is 6.07 Å². The highest BCUT2D eigenvalue weighted by molar-refractivity contribution is 6.32. The number of halogens is 2. The Morgan fingerprint density at radius 2 is 1.80 bits per heavy atom. The van der Waals surface area contributed by atoms with Gasteiger partial charge in [-0.1, -0.05) is 30.9 Å². The zero-order chi connectivity index (χ0) is 14.2. The van der Waals surface area contributed by atoms with Crippen LogP contribution < -0.4 is 15.2 Å². The first-order valence-electron chi connectivity index (χ1n) is 7.19. The van der Waals surface area contributed by atoms with Gasteiger partial charge >= 0.3 is 0 Å². The number of benzene rings is 1. The Morgan fingerprint density at radius 3 is 2.55 bits per heavy atom. The Morgan fingerprint density at radius 1 is 1.10 bits per heavy atom. The molecule has 0 atom stereocenters. The van der Waals surface area contributed by atoms with E-state index in [2.05, 4.69) is 0 Å². The Labute approximate surface area is 123 Å². The van der Waals surface area contributed by atoms with E-state index in [-0.39, 0.29) is 5.02 Å². The summed E-state index contributed by atoms with van der Waals surface area (Å²) in [5.41, 5.74) is 6.25. The molecule has 1 aromatic rings. The van der Waals surface area contributed by atoms with Gasteiger partial charge in [0.05, 0.1) is 13.2 Å². The van der Waals surface area contributed by atoms with Gasteiger partial charge in [-0.3, -0.25) is 0 Å². The molecule has 0 spiro atoms. The van der Waals surface area contributed by atoms with Crippen molar-refractivity contribution in [2.75, 3.05) is 13.2 Å². The zero-order valence-electron chi connectivity index (χ0n) is 11.4. The van der Waals surface area contributed by atoms with Crippen LogP contribution in [-0.4, -0.2) is 13.2 Å². The van der Waals surface area contributed by atoms with Crippen molar-refractivity contribution in [3.05, 3.63) is 22.5 Å². The molecular weight excluding hydrogens is 281 g/mol. The van der Waals surface area contributed by atoms with Crippen LogP contribution >= 0.6 is 11.6 Å². The zero-order valence-corrected chi connectivity index (χ0v) is 12.1. The van der Waals surface area contributed by atoms with Gasteiger partial charge in [0, 0.05) is 17.5 Å². The van der Waals surface area contributed by atoms with Crippen LogP contribution in [0, 0.1) is 5.82 Å². The van der Waals surface area contributed by atoms with E-state index in [0.29, 0.717) is 30.3 Å². The molecule has 110 valence electrons. The van der Waals surface area contributed by atoms with Gasteiger partial charge in [-0.25, -0.2) is 4.39 Å². The van der Waals surface area contributed by atoms with Crippen molar-refractivity contribution >= 4 is 11.6 Å². The van der Waals surface area contributed by atoms with Gasteiger partial charge < -0.3 is 15.2 Å². The maximum absolute atomic E-state index is 14.6. The number of ether oxygens (including phenoxy) is 2. The van der Waals surface area contributed by atoms with Crippen molar-refractivity contribution in [2.24, 2.45) is 5.73 Å². The number of fused-ring (bicyclic) bond motifs is 1. The van der Waals surface area contributed by atoms with E-state index in [1.807, 2.05) is 0 Å². The van der Waals surface area contributed by atoms with Crippen molar-refractivity contribution in [3.63, 3.8) is 0 Å². The maximum atomic E-state index is 14.6. The second-order valence-corrected chi connectivity index (χ2v) is 6.02. The second kappa shape index (κ2) is 5.41. The van der Waals surface area contributed by atoms with E-state index in [4.69, 9.17) is 26.8 Å². The molecule has 1 aliphatic heterocycles. The van der Waals surface area contributed by atoms with Crippen LogP contribution in [0.3, 0.4) is 0 Å². The van der Waals surface area contributed by atoms with Crippen LogP contribution in [0.25, 0.3) is 0 Å². The summed E-state index contributed by atoms with van der Waals surface area (Å²) in [5.74, 6) is 0.365. The van der Waals surface area contributed by atoms with Crippen molar-refractivity contribution in [3.8, 4) is 11.5 Å². The van der Waals surface area contributed by atoms with Gasteiger partial charge in [-0.2, -0.15) is 0 Å². The predicted molar refractivity (Wildman–Crippen MR) is 76.0 cm³/mol. The molecule has 0 aromatic heterocycles. The van der Waals surface area contributed by atoms with Crippen LogP contribution in [-0.2, 0) is 5.54 Å². The van der Waals surface area contributed by atoms with E-state index in [1.54, 1.807) is 6.07 Å². The van der Waals surface area contributed by atoms with Gasteiger partial charge in [-0.05, 0) is 18.9 Å². The summed E-state index contributed by atoms with van der Waals surface area (Å²) in [4.78, 5) is 0. The van der Waals surface area contributed by atoms with E-state index >= 15 is 0 Å². The molecule has 0 bridgehead atoms. The highest BCUT2D eigenvalue weighted by Gasteiger charge is 2.35. The molecule has 0 amide bonds. The Balaban J connectivity index is 2.07. The fourth-order valence-electron chi connectivity index (χ4n) is 3.06. The molecule has 3 nitrogen and oxygen atoms in total. The summed E-state index contributed by atoms with van der Waals surface area (Å²) >= 11 is 6.13. The Hall–Kier alpha value is -1.00. The summed E-state index contributed by atoms with van der Waals surface area (Å²) in [6.07, 6.45) is 5.50. The summed E-state index contributed by atoms with van der Waals surface area (Å²) in [7, 11) is 0. The van der Waals surface area contributed by atoms with Crippen molar-refractivity contribution in [1.29, 1.82) is 0 Å². The van der Waals surface area contributed by atoms with Gasteiger partial charge in [0.15, 0.2) is 17.3 Å². The fourth-order valence-corrected chi connectivity index (χ4v) is 3.31. The third kappa shape index (κ3) is 2.35. The summed E-state index contributed by atoms with van der Waals surface area (Å²) in [6, 6.07) is 1.69. The van der Waals surface area contributed by atoms with E-state index < -0.39 is 11.4 Å². The fraction of sp³-hybridized carbons (Fsp3) is 0.600. The van der Waals surface area contributed by atoms with Crippen LogP contribution in [0.1, 0.15) is 44.1 Å². The lowest BCUT2D eigenvalue weighted by molar-refractivity contribution is 0.288. The molecule has 2 N–H and O–H groups in total. The SMILES string of the molecule is NC1(c2cc3c(c(Cl)c2F)OCCCO3)CCCCC1. The molecule has 1 fully saturated rings. The van der Waals surface area contributed by atoms with Gasteiger partial charge in [0.2, 0.25) is 0 Å². The number of rotatable bonds is 1. The van der Waals surface area contributed by atoms with Gasteiger partial charge in [-0.15, -0.1) is 0 Å². The molecular formula is C15H19ClFNO2. The van der Waals surface area contributed by atoms with Gasteiger partial charge in [0.1, 0.15) is 5.02 Å². The molecule has 20 heavy (non-hydrogen) atoms. The molecule has 0 radical (unpaired) electrons. The van der Waals surface area contributed by atoms with Gasteiger partial charge in [0.25, 0.3) is 0 Å². The predicted octanol–water partition coefficient (Wildman–Crippen LogP) is 3.76. The molecule has 0 unspecified atom stereocenters. The molecule has 0 saturated heterocycles. The lowest BCUT2D eigenvalue weighted by Gasteiger charge is -2.34. The second-order valence-electron chi connectivity index (χ2n) is 5.65. The first-order chi connectivity index (χ1) is 9.62. The summed E-state index contributed by atoms with van der Waals surface area (Å²) < 4.78 is 25.7. The molecule has 3 rings (SSSR count). The van der Waals surface area contributed by atoms with Crippen molar-refractivity contribution in [2.45, 2.75) is 44.1 Å². The first kappa shape index (κ1) is 14.0.